The van der Waals surface area contributed by atoms with Crippen LogP contribution in [0.4, 0.5) is 0 Å². The average Bonchev–Trinajstić information content (AvgIpc) is 2.56. The Bertz CT molecular complexity index is 544. The smallest absolute Gasteiger partial charge is 0.0388 e. The summed E-state index contributed by atoms with van der Waals surface area (Å²) < 4.78 is 1.15. The first-order chi connectivity index (χ1) is 10.3. The SMILES string of the molecule is Brc1ccc(CC(c2ccccc2)N2CCCCC2)cc1. The molecular weight excluding hydrogens is 322 g/mol. The van der Waals surface area contributed by atoms with Crippen LogP contribution in [0.5, 0.6) is 0 Å². The van der Waals surface area contributed by atoms with Crippen molar-refractivity contribution in [1.82, 2.24) is 4.90 Å². The van der Waals surface area contributed by atoms with E-state index in [2.05, 4.69) is 75.4 Å². The molecular formula is C19H22BrN. The summed E-state index contributed by atoms with van der Waals surface area (Å²) >= 11 is 3.52. The van der Waals surface area contributed by atoms with Gasteiger partial charge in [0, 0.05) is 10.5 Å². The van der Waals surface area contributed by atoms with Gasteiger partial charge in [0.05, 0.1) is 0 Å². The molecule has 21 heavy (non-hydrogen) atoms. The van der Waals surface area contributed by atoms with E-state index in [0.717, 1.165) is 10.9 Å². The third kappa shape index (κ3) is 3.96. The maximum absolute atomic E-state index is 3.52. The van der Waals surface area contributed by atoms with Gasteiger partial charge in [-0.3, -0.25) is 4.90 Å². The van der Waals surface area contributed by atoms with E-state index in [4.69, 9.17) is 0 Å². The second-order valence-corrected chi connectivity index (χ2v) is 6.77. The number of benzene rings is 2. The molecule has 0 radical (unpaired) electrons. The highest BCUT2D eigenvalue weighted by molar-refractivity contribution is 9.10. The monoisotopic (exact) mass is 343 g/mol. The van der Waals surface area contributed by atoms with Gasteiger partial charge in [-0.2, -0.15) is 0 Å². The lowest BCUT2D eigenvalue weighted by Crippen LogP contribution is -2.34. The fraction of sp³-hybridized carbons (Fsp3) is 0.368. The number of rotatable bonds is 4. The predicted molar refractivity (Wildman–Crippen MR) is 92.5 cm³/mol. The van der Waals surface area contributed by atoms with Crippen LogP contribution in [0.25, 0.3) is 0 Å². The van der Waals surface area contributed by atoms with Gasteiger partial charge in [-0.25, -0.2) is 0 Å². The largest absolute Gasteiger partial charge is 0.296 e. The molecule has 0 bridgehead atoms. The third-order valence-electron chi connectivity index (χ3n) is 4.36. The van der Waals surface area contributed by atoms with Gasteiger partial charge in [-0.1, -0.05) is 64.8 Å². The zero-order chi connectivity index (χ0) is 14.5. The maximum Gasteiger partial charge on any atom is 0.0388 e. The van der Waals surface area contributed by atoms with Crippen molar-refractivity contribution in [2.24, 2.45) is 0 Å². The predicted octanol–water partition coefficient (Wildman–Crippen LogP) is 5.22. The van der Waals surface area contributed by atoms with E-state index in [-0.39, 0.29) is 0 Å². The van der Waals surface area contributed by atoms with E-state index >= 15 is 0 Å². The van der Waals surface area contributed by atoms with Crippen LogP contribution in [0.1, 0.15) is 36.4 Å². The molecule has 2 heteroatoms. The number of piperidine rings is 1. The van der Waals surface area contributed by atoms with Crippen molar-refractivity contribution in [3.8, 4) is 0 Å². The van der Waals surface area contributed by atoms with Crippen molar-refractivity contribution in [3.05, 3.63) is 70.2 Å². The molecule has 0 saturated carbocycles. The zero-order valence-corrected chi connectivity index (χ0v) is 13.9. The van der Waals surface area contributed by atoms with Gasteiger partial charge in [0.15, 0.2) is 0 Å². The number of hydrogen-bond donors (Lipinski definition) is 0. The Balaban J connectivity index is 1.83. The maximum atomic E-state index is 3.52. The van der Waals surface area contributed by atoms with Crippen molar-refractivity contribution in [2.75, 3.05) is 13.1 Å². The van der Waals surface area contributed by atoms with E-state index in [1.165, 1.54) is 43.5 Å². The van der Waals surface area contributed by atoms with Gasteiger partial charge in [0.2, 0.25) is 0 Å². The lowest BCUT2D eigenvalue weighted by Gasteiger charge is -2.35. The molecule has 1 saturated heterocycles. The van der Waals surface area contributed by atoms with E-state index in [1.54, 1.807) is 0 Å². The molecule has 1 atom stereocenters. The summed E-state index contributed by atoms with van der Waals surface area (Å²) in [4.78, 5) is 2.67. The summed E-state index contributed by atoms with van der Waals surface area (Å²) in [5, 5.41) is 0. The number of halogens is 1. The van der Waals surface area contributed by atoms with Gasteiger partial charge in [0.25, 0.3) is 0 Å². The Labute approximate surface area is 136 Å². The van der Waals surface area contributed by atoms with Gasteiger partial charge in [-0.15, -0.1) is 0 Å². The Morgan fingerprint density at radius 2 is 1.52 bits per heavy atom. The van der Waals surface area contributed by atoms with Gasteiger partial charge >= 0.3 is 0 Å². The summed E-state index contributed by atoms with van der Waals surface area (Å²) in [7, 11) is 0. The minimum atomic E-state index is 0.507. The average molecular weight is 344 g/mol. The van der Waals surface area contributed by atoms with Crippen LogP contribution < -0.4 is 0 Å². The molecule has 1 heterocycles. The second kappa shape index (κ2) is 7.24. The fourth-order valence-corrected chi connectivity index (χ4v) is 3.47. The van der Waals surface area contributed by atoms with Crippen molar-refractivity contribution < 1.29 is 0 Å². The molecule has 2 aromatic carbocycles. The highest BCUT2D eigenvalue weighted by atomic mass is 79.9. The molecule has 0 spiro atoms. The van der Waals surface area contributed by atoms with E-state index in [9.17, 15) is 0 Å². The van der Waals surface area contributed by atoms with Gasteiger partial charge in [-0.05, 0) is 55.6 Å². The molecule has 1 aliphatic rings. The Kier molecular flexibility index (Phi) is 5.10. The lowest BCUT2D eigenvalue weighted by molar-refractivity contribution is 0.162. The Morgan fingerprint density at radius 1 is 0.857 bits per heavy atom. The molecule has 1 fully saturated rings. The molecule has 0 N–H and O–H groups in total. The van der Waals surface area contributed by atoms with E-state index < -0.39 is 0 Å². The highest BCUT2D eigenvalue weighted by Gasteiger charge is 2.22. The van der Waals surface area contributed by atoms with Crippen LogP contribution in [0.2, 0.25) is 0 Å². The number of nitrogens with zero attached hydrogens (tertiary/aromatic N) is 1. The summed E-state index contributed by atoms with van der Waals surface area (Å²) in [5.74, 6) is 0. The number of likely N-dealkylation sites (tertiary alicyclic amines) is 1. The third-order valence-corrected chi connectivity index (χ3v) is 4.89. The molecule has 0 aromatic heterocycles. The minimum Gasteiger partial charge on any atom is -0.296 e. The van der Waals surface area contributed by atoms with Crippen molar-refractivity contribution in [1.29, 1.82) is 0 Å². The van der Waals surface area contributed by atoms with E-state index in [1.807, 2.05) is 0 Å². The van der Waals surface area contributed by atoms with Crippen LogP contribution >= 0.6 is 15.9 Å². The van der Waals surface area contributed by atoms with Gasteiger partial charge < -0.3 is 0 Å². The topological polar surface area (TPSA) is 3.24 Å². The Morgan fingerprint density at radius 3 is 2.19 bits per heavy atom. The van der Waals surface area contributed by atoms with Crippen molar-refractivity contribution >= 4 is 15.9 Å². The zero-order valence-electron chi connectivity index (χ0n) is 12.3. The lowest BCUT2D eigenvalue weighted by atomic mass is 9.95. The van der Waals surface area contributed by atoms with Crippen molar-refractivity contribution in [2.45, 2.75) is 31.7 Å². The normalized spacial score (nSPS) is 17.6. The first-order valence-corrected chi connectivity index (χ1v) is 8.66. The molecule has 1 nitrogen and oxygen atoms in total. The highest BCUT2D eigenvalue weighted by Crippen LogP contribution is 2.28. The van der Waals surface area contributed by atoms with Crippen LogP contribution in [-0.2, 0) is 6.42 Å². The summed E-state index contributed by atoms with van der Waals surface area (Å²) in [6.07, 6.45) is 5.15. The molecule has 0 aliphatic carbocycles. The quantitative estimate of drug-likeness (QED) is 0.735. The second-order valence-electron chi connectivity index (χ2n) is 5.85. The van der Waals surface area contributed by atoms with Crippen LogP contribution in [0.3, 0.4) is 0 Å². The summed E-state index contributed by atoms with van der Waals surface area (Å²) in [6, 6.07) is 20.3. The van der Waals surface area contributed by atoms with Crippen LogP contribution in [0.15, 0.2) is 59.1 Å². The summed E-state index contributed by atoms with van der Waals surface area (Å²) in [6.45, 7) is 2.46. The molecule has 2 aromatic rings. The molecule has 3 rings (SSSR count). The minimum absolute atomic E-state index is 0.507. The van der Waals surface area contributed by atoms with Crippen LogP contribution in [-0.4, -0.2) is 18.0 Å². The first kappa shape index (κ1) is 14.8. The fourth-order valence-electron chi connectivity index (χ4n) is 3.21. The van der Waals surface area contributed by atoms with E-state index in [0.29, 0.717) is 6.04 Å². The molecule has 1 unspecified atom stereocenters. The van der Waals surface area contributed by atoms with Gasteiger partial charge in [0.1, 0.15) is 0 Å². The van der Waals surface area contributed by atoms with Crippen LogP contribution in [0, 0.1) is 0 Å². The molecule has 1 aliphatic heterocycles. The molecule has 0 amide bonds. The molecule has 110 valence electrons. The first-order valence-electron chi connectivity index (χ1n) is 7.86. The van der Waals surface area contributed by atoms with Crippen molar-refractivity contribution in [3.63, 3.8) is 0 Å². The number of hydrogen-bond acceptors (Lipinski definition) is 1. The summed E-state index contributed by atoms with van der Waals surface area (Å²) in [5.41, 5.74) is 2.86. The Hall–Kier alpha value is -1.12. The standard InChI is InChI=1S/C19H22BrN/c20-18-11-9-16(10-12-18)15-19(17-7-3-1-4-8-17)21-13-5-2-6-14-21/h1,3-4,7-12,19H,2,5-6,13-15H2.